The first-order valence-electron chi connectivity index (χ1n) is 23.7. The van der Waals surface area contributed by atoms with Gasteiger partial charge in [-0.15, -0.1) is 0 Å². The number of benzene rings is 6. The number of aryl methyl sites for hydroxylation is 2. The average molecular weight is 875 g/mol. The van der Waals surface area contributed by atoms with Crippen molar-refractivity contribution in [3.63, 3.8) is 0 Å². The van der Waals surface area contributed by atoms with E-state index in [4.69, 9.17) is 28.9 Å². The standard InChI is InChI=1S/C58H58N4O4/c1-29-13-39-40(14-30(29)2)60-43-17-35-31(15-41(43)59-39)53(3,4)25-57(35)26-54(5,6)32-16-42-44(18-36(32)57)62-46-24-52-51(23-45(46)61-42)65-49-20-34-38(22-50(49)66-52)58(28-56(34,9)10)27-55(7,8)33-19-47(63-11)48(64-12)21-37(33)58/h13-24,59-60H,25-28H2,1-12H3. The summed E-state index contributed by atoms with van der Waals surface area (Å²) < 4.78 is 25.4. The molecule has 2 spiro atoms. The van der Waals surface area contributed by atoms with E-state index in [-0.39, 0.29) is 32.5 Å². The molecule has 2 unspecified atom stereocenters. The van der Waals surface area contributed by atoms with E-state index in [0.29, 0.717) is 11.5 Å². The molecule has 0 bridgehead atoms. The van der Waals surface area contributed by atoms with Gasteiger partial charge in [0.2, 0.25) is 0 Å². The highest BCUT2D eigenvalue weighted by molar-refractivity contribution is 5.93. The minimum atomic E-state index is -0.221. The average Bonchev–Trinajstić information content (AvgIpc) is 3.80. The van der Waals surface area contributed by atoms with E-state index in [0.717, 1.165) is 93.5 Å². The number of hydrogen-bond donors (Lipinski definition) is 2. The van der Waals surface area contributed by atoms with Crippen LogP contribution in [0.15, 0.2) is 72.8 Å². The first kappa shape index (κ1) is 40.0. The van der Waals surface area contributed by atoms with E-state index in [1.54, 1.807) is 14.2 Å². The first-order valence-corrected chi connectivity index (χ1v) is 23.7. The topological polar surface area (TPSA) is 86.8 Å². The Labute approximate surface area is 387 Å². The molecule has 0 radical (unpaired) electrons. The summed E-state index contributed by atoms with van der Waals surface area (Å²) >= 11 is 0. The Hall–Kier alpha value is -6.28. The fraction of sp³-hybridized carbons (Fsp3) is 0.379. The summed E-state index contributed by atoms with van der Waals surface area (Å²) in [5.74, 6) is 4.29. The van der Waals surface area contributed by atoms with Gasteiger partial charge in [-0.05, 0) is 177 Å². The second-order valence-electron chi connectivity index (χ2n) is 23.3. The zero-order chi connectivity index (χ0) is 45.8. The molecule has 13 rings (SSSR count). The number of nitrogens with zero attached hydrogens (tertiary/aromatic N) is 2. The van der Waals surface area contributed by atoms with Gasteiger partial charge in [0.05, 0.1) is 59.0 Å². The van der Waals surface area contributed by atoms with Crippen LogP contribution in [0.1, 0.15) is 137 Å². The van der Waals surface area contributed by atoms with Crippen LogP contribution >= 0.6 is 0 Å². The predicted molar refractivity (Wildman–Crippen MR) is 264 cm³/mol. The van der Waals surface area contributed by atoms with Crippen molar-refractivity contribution in [2.45, 2.75) is 127 Å². The lowest BCUT2D eigenvalue weighted by atomic mass is 9.72. The molecule has 0 fully saturated rings. The highest BCUT2D eigenvalue weighted by atomic mass is 16.6. The molecule has 66 heavy (non-hydrogen) atoms. The van der Waals surface area contributed by atoms with Gasteiger partial charge in [-0.1, -0.05) is 55.4 Å². The quantitative estimate of drug-likeness (QED) is 0.166. The van der Waals surface area contributed by atoms with Crippen molar-refractivity contribution in [2.24, 2.45) is 0 Å². The molecular weight excluding hydrogens is 817 g/mol. The van der Waals surface area contributed by atoms with E-state index in [9.17, 15) is 0 Å². The number of methoxy groups -OCH3 is 2. The van der Waals surface area contributed by atoms with Crippen molar-refractivity contribution in [1.29, 1.82) is 0 Å². The summed E-state index contributed by atoms with van der Waals surface area (Å²) in [6.07, 6.45) is 3.99. The van der Waals surface area contributed by atoms with E-state index >= 15 is 0 Å². The summed E-state index contributed by atoms with van der Waals surface area (Å²) in [4.78, 5) is 10.7. The first-order chi connectivity index (χ1) is 31.2. The lowest BCUT2D eigenvalue weighted by Crippen LogP contribution is -2.27. The summed E-state index contributed by atoms with van der Waals surface area (Å²) in [7, 11) is 3.44. The fourth-order valence-electron chi connectivity index (χ4n) is 14.2. The largest absolute Gasteiger partial charge is 0.493 e. The Bertz CT molecular complexity index is 3400. The zero-order valence-corrected chi connectivity index (χ0v) is 40.3. The third-order valence-electron chi connectivity index (χ3n) is 17.0. The lowest BCUT2D eigenvalue weighted by Gasteiger charge is -2.31. The van der Waals surface area contributed by atoms with Crippen molar-refractivity contribution in [2.75, 3.05) is 24.9 Å². The van der Waals surface area contributed by atoms with Crippen molar-refractivity contribution >= 4 is 44.8 Å². The normalized spacial score (nSPS) is 23.1. The van der Waals surface area contributed by atoms with Crippen LogP contribution in [0.2, 0.25) is 0 Å². The lowest BCUT2D eigenvalue weighted by molar-refractivity contribution is 0.347. The molecule has 6 aromatic carbocycles. The van der Waals surface area contributed by atoms with Gasteiger partial charge in [-0.25, -0.2) is 9.97 Å². The summed E-state index contributed by atoms with van der Waals surface area (Å²) in [6.45, 7) is 23.4. The maximum atomic E-state index is 6.89. The maximum absolute atomic E-state index is 6.89. The summed E-state index contributed by atoms with van der Waals surface area (Å²) in [5.41, 5.74) is 20.6. The molecule has 8 heteroatoms. The van der Waals surface area contributed by atoms with Gasteiger partial charge in [0.1, 0.15) is 0 Å². The Balaban J connectivity index is 0.904. The molecule has 4 aliphatic carbocycles. The maximum Gasteiger partial charge on any atom is 0.172 e. The van der Waals surface area contributed by atoms with Crippen molar-refractivity contribution in [1.82, 2.24) is 9.97 Å². The van der Waals surface area contributed by atoms with Crippen molar-refractivity contribution < 1.29 is 18.9 Å². The Morgan fingerprint density at radius 1 is 0.394 bits per heavy atom. The highest BCUT2D eigenvalue weighted by Gasteiger charge is 2.58. The number of fused-ring (bicyclic) bond motifs is 14. The molecule has 8 nitrogen and oxygen atoms in total. The minimum Gasteiger partial charge on any atom is -0.493 e. The molecule has 1 aromatic heterocycles. The number of rotatable bonds is 2. The molecular formula is C58H58N4O4. The van der Waals surface area contributed by atoms with Gasteiger partial charge in [-0.2, -0.15) is 0 Å². The second-order valence-corrected chi connectivity index (χ2v) is 23.3. The third kappa shape index (κ3) is 5.16. The monoisotopic (exact) mass is 874 g/mol. The minimum absolute atomic E-state index is 0.0306. The number of hydrogen-bond acceptors (Lipinski definition) is 8. The molecule has 2 N–H and O–H groups in total. The number of aromatic nitrogens is 2. The van der Waals surface area contributed by atoms with E-state index in [1.165, 1.54) is 55.6 Å². The molecule has 0 amide bonds. The highest BCUT2D eigenvalue weighted by Crippen LogP contribution is 2.67. The van der Waals surface area contributed by atoms with Gasteiger partial charge in [0.15, 0.2) is 34.5 Å². The van der Waals surface area contributed by atoms with Gasteiger partial charge in [-0.3, -0.25) is 0 Å². The van der Waals surface area contributed by atoms with Gasteiger partial charge >= 0.3 is 0 Å². The Morgan fingerprint density at radius 2 is 0.697 bits per heavy atom. The van der Waals surface area contributed by atoms with E-state index in [2.05, 4.69) is 141 Å². The van der Waals surface area contributed by atoms with Crippen molar-refractivity contribution in [3.8, 4) is 34.5 Å². The smallest absolute Gasteiger partial charge is 0.172 e. The van der Waals surface area contributed by atoms with Gasteiger partial charge in [0.25, 0.3) is 0 Å². The van der Waals surface area contributed by atoms with Crippen LogP contribution in [0, 0.1) is 13.8 Å². The van der Waals surface area contributed by atoms with Crippen LogP contribution < -0.4 is 29.6 Å². The van der Waals surface area contributed by atoms with Crippen LogP contribution in [-0.4, -0.2) is 24.2 Å². The molecule has 3 heterocycles. The molecule has 334 valence electrons. The molecule has 7 aromatic rings. The van der Waals surface area contributed by atoms with Crippen LogP contribution in [0.5, 0.6) is 34.5 Å². The Morgan fingerprint density at radius 3 is 1.18 bits per heavy atom. The zero-order valence-electron chi connectivity index (χ0n) is 40.3. The fourth-order valence-corrected chi connectivity index (χ4v) is 14.2. The molecule has 2 aliphatic heterocycles. The Kier molecular flexibility index (Phi) is 7.51. The van der Waals surface area contributed by atoms with Gasteiger partial charge < -0.3 is 29.6 Å². The molecule has 6 aliphatic rings. The van der Waals surface area contributed by atoms with Gasteiger partial charge in [0, 0.05) is 23.0 Å². The molecule has 0 saturated heterocycles. The van der Waals surface area contributed by atoms with Crippen LogP contribution in [-0.2, 0) is 32.5 Å². The molecule has 2 atom stereocenters. The third-order valence-corrected chi connectivity index (χ3v) is 17.0. The number of anilines is 4. The predicted octanol–water partition coefficient (Wildman–Crippen LogP) is 14.4. The summed E-state index contributed by atoms with van der Waals surface area (Å²) in [6, 6.07) is 27.0. The van der Waals surface area contributed by atoms with Crippen LogP contribution in [0.25, 0.3) is 22.1 Å². The number of ether oxygens (including phenoxy) is 4. The van der Waals surface area contributed by atoms with E-state index < -0.39 is 0 Å². The summed E-state index contributed by atoms with van der Waals surface area (Å²) in [5, 5.41) is 7.62. The van der Waals surface area contributed by atoms with E-state index in [1.807, 2.05) is 12.1 Å². The number of nitrogens with one attached hydrogen (secondary N) is 2. The van der Waals surface area contributed by atoms with Crippen LogP contribution in [0.4, 0.5) is 22.7 Å². The van der Waals surface area contributed by atoms with Crippen LogP contribution in [0.3, 0.4) is 0 Å². The molecule has 0 saturated carbocycles. The second kappa shape index (κ2) is 12.4. The SMILES string of the molecule is COc1cc2c(cc1OC)C1(CC2(C)C)CC(C)(C)c2cc3c(cc21)Oc1cc2nc4cc5c(cc4nc2cc1O3)C(C)(C)CC51CC(C)(C)c2cc3c(cc21)Nc1cc(C)c(C)cc1N3. The van der Waals surface area contributed by atoms with Crippen molar-refractivity contribution in [3.05, 3.63) is 128 Å².